The predicted octanol–water partition coefficient (Wildman–Crippen LogP) is 1.84. The fourth-order valence-corrected chi connectivity index (χ4v) is 1.56. The molecule has 0 amide bonds. The fourth-order valence-electron chi connectivity index (χ4n) is 1.42. The molecule has 0 aliphatic carbocycles. The van der Waals surface area contributed by atoms with Gasteiger partial charge in [0, 0.05) is 6.20 Å². The Bertz CT molecular complexity index is 634. The second-order valence-corrected chi connectivity index (χ2v) is 3.55. The zero-order valence-corrected chi connectivity index (χ0v) is 8.83. The predicted molar refractivity (Wildman–Crippen MR) is 59.0 cm³/mol. The smallest absolute Gasteiger partial charge is 0.203 e. The van der Waals surface area contributed by atoms with E-state index in [1.54, 1.807) is 22.8 Å². The summed E-state index contributed by atoms with van der Waals surface area (Å²) in [5.74, 6) is 0.582. The summed E-state index contributed by atoms with van der Waals surface area (Å²) in [5, 5.41) is 12.5. The van der Waals surface area contributed by atoms with Crippen LogP contribution in [0.4, 0.5) is 0 Å². The second-order valence-electron chi connectivity index (χ2n) is 3.16. The number of nitrogens with zero attached hydrogens (tertiary/aromatic N) is 5. The number of hydrogen-bond donors (Lipinski definition) is 0. The minimum absolute atomic E-state index is 0.393. The van der Waals surface area contributed by atoms with E-state index < -0.39 is 0 Å². The summed E-state index contributed by atoms with van der Waals surface area (Å²) in [5.41, 5.74) is 1.36. The van der Waals surface area contributed by atoms with Crippen LogP contribution in [0.1, 0.15) is 0 Å². The lowest BCUT2D eigenvalue weighted by Gasteiger charge is -1.97. The third kappa shape index (κ3) is 1.42. The minimum Gasteiger partial charge on any atom is -0.253 e. The molecule has 0 aliphatic rings. The van der Waals surface area contributed by atoms with E-state index in [1.807, 2.05) is 18.2 Å². The van der Waals surface area contributed by atoms with Crippen LogP contribution in [0.3, 0.4) is 0 Å². The third-order valence-electron chi connectivity index (χ3n) is 2.12. The summed E-state index contributed by atoms with van der Waals surface area (Å²) in [6.07, 6.45) is 1.70. The summed E-state index contributed by atoms with van der Waals surface area (Å²) in [4.78, 5) is 4.19. The van der Waals surface area contributed by atoms with E-state index in [9.17, 15) is 0 Å². The van der Waals surface area contributed by atoms with E-state index in [0.29, 0.717) is 22.3 Å². The van der Waals surface area contributed by atoms with Crippen LogP contribution in [0.25, 0.3) is 17.2 Å². The van der Waals surface area contributed by atoms with Gasteiger partial charge in [-0.3, -0.25) is 4.98 Å². The first-order chi connectivity index (χ1) is 7.84. The Morgan fingerprint density at radius 2 is 2.00 bits per heavy atom. The minimum atomic E-state index is 0.393. The molecule has 0 unspecified atom stereocenters. The van der Waals surface area contributed by atoms with Gasteiger partial charge in [-0.15, -0.1) is 10.2 Å². The summed E-state index contributed by atoms with van der Waals surface area (Å²) in [6, 6.07) is 9.00. The molecule has 0 saturated carbocycles. The highest BCUT2D eigenvalue weighted by Crippen LogP contribution is 2.15. The normalized spacial score (nSPS) is 10.8. The molecule has 0 aromatic carbocycles. The van der Waals surface area contributed by atoms with Crippen molar-refractivity contribution >= 4 is 17.2 Å². The quantitative estimate of drug-likeness (QED) is 0.641. The van der Waals surface area contributed by atoms with Gasteiger partial charge in [-0.05, 0) is 24.3 Å². The van der Waals surface area contributed by atoms with Crippen LogP contribution in [0.5, 0.6) is 0 Å². The van der Waals surface area contributed by atoms with E-state index >= 15 is 0 Å². The molecule has 6 heteroatoms. The Hall–Kier alpha value is -2.01. The van der Waals surface area contributed by atoms with Crippen molar-refractivity contribution in [1.29, 1.82) is 0 Å². The van der Waals surface area contributed by atoms with E-state index in [0.717, 1.165) is 0 Å². The molecule has 0 bridgehead atoms. The summed E-state index contributed by atoms with van der Waals surface area (Å²) >= 11 is 5.83. The Kier molecular flexibility index (Phi) is 2.04. The monoisotopic (exact) mass is 231 g/mol. The Balaban J connectivity index is 2.29. The van der Waals surface area contributed by atoms with Gasteiger partial charge in [0.05, 0.1) is 0 Å². The van der Waals surface area contributed by atoms with Crippen LogP contribution in [0.15, 0.2) is 36.5 Å². The number of hydrogen-bond acceptors (Lipinski definition) is 4. The second kappa shape index (κ2) is 3.53. The van der Waals surface area contributed by atoms with E-state index in [-0.39, 0.29) is 0 Å². The van der Waals surface area contributed by atoms with Crippen molar-refractivity contribution in [3.8, 4) is 11.5 Å². The van der Waals surface area contributed by atoms with Crippen molar-refractivity contribution in [1.82, 2.24) is 24.8 Å². The van der Waals surface area contributed by atoms with Gasteiger partial charge in [-0.2, -0.15) is 9.61 Å². The zero-order valence-electron chi connectivity index (χ0n) is 8.08. The molecule has 0 radical (unpaired) electrons. The maximum absolute atomic E-state index is 5.83. The van der Waals surface area contributed by atoms with E-state index in [4.69, 9.17) is 11.6 Å². The molecule has 3 aromatic heterocycles. The molecule has 5 nitrogen and oxygen atoms in total. The van der Waals surface area contributed by atoms with Crippen LogP contribution in [-0.4, -0.2) is 24.8 Å². The lowest BCUT2D eigenvalue weighted by Crippen LogP contribution is -1.95. The molecular formula is C10H6ClN5. The lowest BCUT2D eigenvalue weighted by atomic mass is 10.3. The van der Waals surface area contributed by atoms with Crippen molar-refractivity contribution < 1.29 is 0 Å². The van der Waals surface area contributed by atoms with Gasteiger partial charge in [-0.1, -0.05) is 17.7 Å². The van der Waals surface area contributed by atoms with Crippen molar-refractivity contribution in [2.45, 2.75) is 0 Å². The highest BCUT2D eigenvalue weighted by molar-refractivity contribution is 6.29. The van der Waals surface area contributed by atoms with Crippen LogP contribution in [-0.2, 0) is 0 Å². The van der Waals surface area contributed by atoms with Crippen LogP contribution < -0.4 is 0 Å². The number of pyridine rings is 1. The Labute approximate surface area is 95.7 Å². The molecule has 0 fully saturated rings. The van der Waals surface area contributed by atoms with Gasteiger partial charge in [0.25, 0.3) is 0 Å². The lowest BCUT2D eigenvalue weighted by molar-refractivity contribution is 0.930. The van der Waals surface area contributed by atoms with E-state index in [2.05, 4.69) is 20.3 Å². The molecule has 0 saturated heterocycles. The topological polar surface area (TPSA) is 56.0 Å². The molecule has 78 valence electrons. The maximum atomic E-state index is 5.83. The highest BCUT2D eigenvalue weighted by atomic mass is 35.5. The average Bonchev–Trinajstić information content (AvgIpc) is 2.73. The van der Waals surface area contributed by atoms with Crippen molar-refractivity contribution in [3.05, 3.63) is 41.7 Å². The summed E-state index contributed by atoms with van der Waals surface area (Å²) in [6.45, 7) is 0. The molecular weight excluding hydrogens is 226 g/mol. The molecule has 0 N–H and O–H groups in total. The number of rotatable bonds is 1. The van der Waals surface area contributed by atoms with Gasteiger partial charge in [0.1, 0.15) is 10.8 Å². The molecule has 16 heavy (non-hydrogen) atoms. The van der Waals surface area contributed by atoms with Crippen LogP contribution in [0, 0.1) is 0 Å². The van der Waals surface area contributed by atoms with Gasteiger partial charge >= 0.3 is 0 Å². The number of halogens is 1. The average molecular weight is 232 g/mol. The Morgan fingerprint density at radius 1 is 1.06 bits per heavy atom. The van der Waals surface area contributed by atoms with Gasteiger partial charge < -0.3 is 0 Å². The summed E-state index contributed by atoms with van der Waals surface area (Å²) in [7, 11) is 0. The van der Waals surface area contributed by atoms with Crippen molar-refractivity contribution in [2.75, 3.05) is 0 Å². The standard InChI is InChI=1S/C10H6ClN5/c11-8-4-5-9-13-14-10(16(9)15-8)7-3-1-2-6-12-7/h1-6H. The van der Waals surface area contributed by atoms with Crippen LogP contribution >= 0.6 is 11.6 Å². The molecule has 3 heterocycles. The first kappa shape index (κ1) is 9.23. The SMILES string of the molecule is Clc1ccc2nnc(-c3ccccn3)n2n1. The third-order valence-corrected chi connectivity index (χ3v) is 2.33. The number of aromatic nitrogens is 5. The largest absolute Gasteiger partial charge is 0.253 e. The first-order valence-electron chi connectivity index (χ1n) is 4.64. The van der Waals surface area contributed by atoms with E-state index in [1.165, 1.54) is 0 Å². The summed E-state index contributed by atoms with van der Waals surface area (Å²) < 4.78 is 1.57. The Morgan fingerprint density at radius 3 is 2.81 bits per heavy atom. The van der Waals surface area contributed by atoms with Crippen LogP contribution in [0.2, 0.25) is 5.15 Å². The zero-order chi connectivity index (χ0) is 11.0. The van der Waals surface area contributed by atoms with Crippen molar-refractivity contribution in [2.24, 2.45) is 0 Å². The van der Waals surface area contributed by atoms with Crippen molar-refractivity contribution in [3.63, 3.8) is 0 Å². The molecule has 0 aliphatic heterocycles. The van der Waals surface area contributed by atoms with Gasteiger partial charge in [0.2, 0.25) is 5.82 Å². The van der Waals surface area contributed by atoms with Gasteiger partial charge in [0.15, 0.2) is 5.65 Å². The molecule has 3 aromatic rings. The number of fused-ring (bicyclic) bond motifs is 1. The molecule has 0 atom stereocenters. The fraction of sp³-hybridized carbons (Fsp3) is 0. The van der Waals surface area contributed by atoms with Gasteiger partial charge in [-0.25, -0.2) is 0 Å². The maximum Gasteiger partial charge on any atom is 0.203 e. The molecule has 0 spiro atoms. The first-order valence-corrected chi connectivity index (χ1v) is 5.02. The highest BCUT2D eigenvalue weighted by Gasteiger charge is 2.09. The molecule has 3 rings (SSSR count).